The third-order valence-corrected chi connectivity index (χ3v) is 3.84. The van der Waals surface area contributed by atoms with E-state index in [1.807, 2.05) is 21.0 Å². The molecule has 23 heavy (non-hydrogen) atoms. The van der Waals surface area contributed by atoms with Gasteiger partial charge >= 0.3 is 0 Å². The number of aromatic nitrogens is 4. The Kier molecular flexibility index (Phi) is 5.81. The van der Waals surface area contributed by atoms with Crippen molar-refractivity contribution < 1.29 is 4.79 Å². The number of nitrogens with one attached hydrogen (secondary N) is 1. The molecule has 0 aliphatic carbocycles. The van der Waals surface area contributed by atoms with Crippen LogP contribution in [0.1, 0.15) is 29.4 Å². The molecule has 0 bridgehead atoms. The number of tetrazole rings is 1. The molecule has 0 spiro atoms. The molecule has 0 unspecified atom stereocenters. The monoisotopic (exact) mass is 316 g/mol. The van der Waals surface area contributed by atoms with E-state index in [0.717, 1.165) is 0 Å². The summed E-state index contributed by atoms with van der Waals surface area (Å²) < 4.78 is 1.63. The van der Waals surface area contributed by atoms with E-state index >= 15 is 0 Å². The highest BCUT2D eigenvalue weighted by molar-refractivity contribution is 5.75. The number of nitrogens with zero attached hydrogens (tertiary/aromatic N) is 5. The smallest absolute Gasteiger partial charge is 0.221 e. The molecule has 1 heterocycles. The molecule has 124 valence electrons. The van der Waals surface area contributed by atoms with Gasteiger partial charge in [-0.3, -0.25) is 4.79 Å². The second kappa shape index (κ2) is 7.82. The molecule has 0 saturated carbocycles. The van der Waals surface area contributed by atoms with E-state index in [2.05, 4.69) is 56.9 Å². The van der Waals surface area contributed by atoms with Crippen molar-refractivity contribution >= 4 is 5.91 Å². The van der Waals surface area contributed by atoms with Gasteiger partial charge in [0.05, 0.1) is 12.6 Å². The highest BCUT2D eigenvalue weighted by atomic mass is 16.1. The second-order valence-corrected chi connectivity index (χ2v) is 5.89. The molecular formula is C16H24N6O. The lowest BCUT2D eigenvalue weighted by atomic mass is 10.0. The summed E-state index contributed by atoms with van der Waals surface area (Å²) in [5.74, 6) is 0.711. The zero-order valence-electron chi connectivity index (χ0n) is 14.2. The summed E-state index contributed by atoms with van der Waals surface area (Å²) in [7, 11) is 4.03. The first-order valence-corrected chi connectivity index (χ1v) is 7.70. The molecule has 0 saturated heterocycles. The predicted octanol–water partition coefficient (Wildman–Crippen LogP) is 1.10. The highest BCUT2D eigenvalue weighted by Crippen LogP contribution is 2.17. The van der Waals surface area contributed by atoms with Crippen LogP contribution in [0.25, 0.3) is 0 Å². The van der Waals surface area contributed by atoms with Gasteiger partial charge in [-0.25, -0.2) is 4.68 Å². The van der Waals surface area contributed by atoms with Crippen LogP contribution in [0.2, 0.25) is 0 Å². The predicted molar refractivity (Wildman–Crippen MR) is 87.8 cm³/mol. The Labute approximate surface area is 136 Å². The Bertz CT molecular complexity index is 634. The number of hydrogen-bond donors (Lipinski definition) is 1. The molecule has 7 nitrogen and oxygen atoms in total. The van der Waals surface area contributed by atoms with Gasteiger partial charge in [0.25, 0.3) is 0 Å². The highest BCUT2D eigenvalue weighted by Gasteiger charge is 2.15. The molecule has 1 atom stereocenters. The largest absolute Gasteiger partial charge is 0.354 e. The first-order valence-electron chi connectivity index (χ1n) is 7.70. The van der Waals surface area contributed by atoms with E-state index in [0.29, 0.717) is 25.3 Å². The van der Waals surface area contributed by atoms with Crippen molar-refractivity contribution in [3.05, 3.63) is 41.2 Å². The number of amides is 1. The van der Waals surface area contributed by atoms with E-state index in [1.54, 1.807) is 4.68 Å². The van der Waals surface area contributed by atoms with Gasteiger partial charge in [-0.15, -0.1) is 5.10 Å². The van der Waals surface area contributed by atoms with Crippen LogP contribution in [0.4, 0.5) is 0 Å². The molecule has 0 aliphatic heterocycles. The van der Waals surface area contributed by atoms with Crippen LogP contribution < -0.4 is 5.32 Å². The lowest BCUT2D eigenvalue weighted by molar-refractivity contribution is -0.121. The SMILES string of the molecule is Cc1ccc([C@@H](CNC(=O)CCn2nnnc2C)N(C)C)cc1. The first-order chi connectivity index (χ1) is 11.0. The van der Waals surface area contributed by atoms with E-state index < -0.39 is 0 Å². The average Bonchev–Trinajstić information content (AvgIpc) is 2.92. The fourth-order valence-corrected chi connectivity index (χ4v) is 2.35. The van der Waals surface area contributed by atoms with Gasteiger partial charge in [-0.1, -0.05) is 29.8 Å². The Hall–Kier alpha value is -2.28. The number of aryl methyl sites for hydroxylation is 3. The quantitative estimate of drug-likeness (QED) is 0.828. The standard InChI is InChI=1S/C16H24N6O/c1-12-5-7-14(8-6-12)15(21(3)4)11-17-16(23)9-10-22-13(2)18-19-20-22/h5-8,15H,9-11H2,1-4H3,(H,17,23)/t15-/m1/s1. The number of carbonyl (C=O) groups is 1. The Morgan fingerprint density at radius 1 is 1.26 bits per heavy atom. The maximum absolute atomic E-state index is 12.1. The average molecular weight is 316 g/mol. The summed E-state index contributed by atoms with van der Waals surface area (Å²) in [6.45, 7) is 4.94. The lowest BCUT2D eigenvalue weighted by Crippen LogP contribution is -2.35. The number of rotatable bonds is 7. The third kappa shape index (κ3) is 4.85. The summed E-state index contributed by atoms with van der Waals surface area (Å²) in [4.78, 5) is 14.2. The molecule has 0 fully saturated rings. The Morgan fingerprint density at radius 2 is 1.96 bits per heavy atom. The summed E-state index contributed by atoms with van der Waals surface area (Å²) in [5, 5.41) is 14.2. The Morgan fingerprint density at radius 3 is 2.52 bits per heavy atom. The van der Waals surface area contributed by atoms with Gasteiger partial charge in [0.2, 0.25) is 5.91 Å². The van der Waals surface area contributed by atoms with E-state index in [4.69, 9.17) is 0 Å². The molecule has 0 aliphatic rings. The van der Waals surface area contributed by atoms with Crippen LogP contribution in [0.3, 0.4) is 0 Å². The Balaban J connectivity index is 1.87. The lowest BCUT2D eigenvalue weighted by Gasteiger charge is -2.25. The molecule has 7 heteroatoms. The van der Waals surface area contributed by atoms with E-state index in [9.17, 15) is 4.79 Å². The van der Waals surface area contributed by atoms with Gasteiger partial charge in [-0.05, 0) is 43.9 Å². The minimum atomic E-state index is -0.00105. The number of benzene rings is 1. The maximum Gasteiger partial charge on any atom is 0.221 e. The van der Waals surface area contributed by atoms with Crippen LogP contribution >= 0.6 is 0 Å². The fraction of sp³-hybridized carbons (Fsp3) is 0.500. The molecule has 2 rings (SSSR count). The first kappa shape index (κ1) is 17.1. The van der Waals surface area contributed by atoms with Crippen LogP contribution in [0, 0.1) is 13.8 Å². The van der Waals surface area contributed by atoms with Crippen molar-refractivity contribution in [3.63, 3.8) is 0 Å². The zero-order chi connectivity index (χ0) is 16.8. The van der Waals surface area contributed by atoms with Crippen molar-refractivity contribution in [1.29, 1.82) is 0 Å². The summed E-state index contributed by atoms with van der Waals surface area (Å²) in [5.41, 5.74) is 2.42. The van der Waals surface area contributed by atoms with Crippen molar-refractivity contribution in [2.45, 2.75) is 32.9 Å². The maximum atomic E-state index is 12.1. The number of hydrogen-bond acceptors (Lipinski definition) is 5. The molecule has 1 aromatic carbocycles. The van der Waals surface area contributed by atoms with Crippen LogP contribution in [0.5, 0.6) is 0 Å². The molecule has 0 radical (unpaired) electrons. The van der Waals surface area contributed by atoms with Crippen molar-refractivity contribution in [2.24, 2.45) is 0 Å². The topological polar surface area (TPSA) is 75.9 Å². The van der Waals surface area contributed by atoms with Crippen molar-refractivity contribution in [2.75, 3.05) is 20.6 Å². The van der Waals surface area contributed by atoms with Crippen molar-refractivity contribution in [1.82, 2.24) is 30.4 Å². The molecular weight excluding hydrogens is 292 g/mol. The second-order valence-electron chi connectivity index (χ2n) is 5.89. The molecule has 2 aromatic rings. The summed E-state index contributed by atoms with van der Waals surface area (Å²) in [6, 6.07) is 8.55. The van der Waals surface area contributed by atoms with Gasteiger partial charge in [0, 0.05) is 13.0 Å². The molecule has 1 amide bonds. The third-order valence-electron chi connectivity index (χ3n) is 3.84. The van der Waals surface area contributed by atoms with Crippen LogP contribution in [-0.2, 0) is 11.3 Å². The van der Waals surface area contributed by atoms with Gasteiger partial charge < -0.3 is 10.2 Å². The summed E-state index contributed by atoms with van der Waals surface area (Å²) >= 11 is 0. The molecule has 1 aromatic heterocycles. The minimum absolute atomic E-state index is 0.00105. The van der Waals surface area contributed by atoms with Gasteiger partial charge in [0.1, 0.15) is 5.82 Å². The summed E-state index contributed by atoms with van der Waals surface area (Å²) in [6.07, 6.45) is 0.361. The van der Waals surface area contributed by atoms with Gasteiger partial charge in [-0.2, -0.15) is 0 Å². The minimum Gasteiger partial charge on any atom is -0.354 e. The molecule has 1 N–H and O–H groups in total. The van der Waals surface area contributed by atoms with Crippen LogP contribution in [0.15, 0.2) is 24.3 Å². The van der Waals surface area contributed by atoms with Crippen molar-refractivity contribution in [3.8, 4) is 0 Å². The number of likely N-dealkylation sites (N-methyl/N-ethyl adjacent to an activating group) is 1. The normalized spacial score (nSPS) is 12.4. The van der Waals surface area contributed by atoms with E-state index in [1.165, 1.54) is 11.1 Å². The van der Waals surface area contributed by atoms with E-state index in [-0.39, 0.29) is 11.9 Å². The van der Waals surface area contributed by atoms with Crippen LogP contribution in [-0.4, -0.2) is 51.7 Å². The fourth-order valence-electron chi connectivity index (χ4n) is 2.35. The zero-order valence-corrected chi connectivity index (χ0v) is 14.2. The number of carbonyl (C=O) groups excluding carboxylic acids is 1. The van der Waals surface area contributed by atoms with Gasteiger partial charge in [0.15, 0.2) is 0 Å².